The zero-order valence-corrected chi connectivity index (χ0v) is 8.42. The average Bonchev–Trinajstić information content (AvgIpc) is 2.42. The molecule has 0 unspecified atom stereocenters. The summed E-state index contributed by atoms with van der Waals surface area (Å²) in [5.74, 6) is 0. The number of allylic oxidation sites excluding steroid dienone is 1. The van der Waals surface area contributed by atoms with Crippen LogP contribution in [0.4, 0.5) is 0 Å². The quantitative estimate of drug-likeness (QED) is 0.607. The first-order valence-electron chi connectivity index (χ1n) is 5.12. The van der Waals surface area contributed by atoms with Gasteiger partial charge in [0.2, 0.25) is 0 Å². The summed E-state index contributed by atoms with van der Waals surface area (Å²) in [6.07, 6.45) is 7.42. The maximum absolute atomic E-state index is 8.58. The highest BCUT2D eigenvalue weighted by Gasteiger charge is 2.06. The van der Waals surface area contributed by atoms with Crippen LogP contribution in [0.15, 0.2) is 11.6 Å². The van der Waals surface area contributed by atoms with Crippen LogP contribution in [0.25, 0.3) is 0 Å². The van der Waals surface area contributed by atoms with Crippen molar-refractivity contribution in [3.05, 3.63) is 11.6 Å². The SMILES string of the molecule is C/C(C#N)=C/CN1CCCCCC1. The van der Waals surface area contributed by atoms with E-state index in [4.69, 9.17) is 5.26 Å². The Balaban J connectivity index is 2.31. The van der Waals surface area contributed by atoms with Crippen molar-refractivity contribution < 1.29 is 0 Å². The van der Waals surface area contributed by atoms with Crippen LogP contribution >= 0.6 is 0 Å². The third-order valence-corrected chi connectivity index (χ3v) is 2.53. The minimum absolute atomic E-state index is 0.837. The molecule has 0 saturated carbocycles. The lowest BCUT2D eigenvalue weighted by Crippen LogP contribution is -2.24. The van der Waals surface area contributed by atoms with E-state index in [1.165, 1.54) is 38.8 Å². The number of hydrogen-bond donors (Lipinski definition) is 0. The van der Waals surface area contributed by atoms with Crippen LogP contribution in [-0.2, 0) is 0 Å². The second kappa shape index (κ2) is 5.77. The molecule has 0 aliphatic carbocycles. The molecule has 13 heavy (non-hydrogen) atoms. The van der Waals surface area contributed by atoms with Gasteiger partial charge in [-0.2, -0.15) is 5.26 Å². The van der Waals surface area contributed by atoms with E-state index in [1.54, 1.807) is 0 Å². The zero-order valence-electron chi connectivity index (χ0n) is 8.42. The molecule has 0 aromatic rings. The first kappa shape index (κ1) is 10.3. The van der Waals surface area contributed by atoms with E-state index >= 15 is 0 Å². The fraction of sp³-hybridized carbons (Fsp3) is 0.727. The molecule has 1 heterocycles. The van der Waals surface area contributed by atoms with Gasteiger partial charge in [0.25, 0.3) is 0 Å². The number of nitriles is 1. The maximum Gasteiger partial charge on any atom is 0.0941 e. The molecular formula is C11H18N2. The summed E-state index contributed by atoms with van der Waals surface area (Å²) in [4.78, 5) is 2.44. The number of hydrogen-bond acceptors (Lipinski definition) is 2. The molecule has 72 valence electrons. The first-order chi connectivity index (χ1) is 6.33. The smallest absolute Gasteiger partial charge is 0.0941 e. The Morgan fingerprint density at radius 1 is 1.31 bits per heavy atom. The van der Waals surface area contributed by atoms with Crippen molar-refractivity contribution in [1.82, 2.24) is 4.90 Å². The Hall–Kier alpha value is -0.810. The Bertz CT molecular complexity index is 205. The highest BCUT2D eigenvalue weighted by molar-refractivity contribution is 5.17. The van der Waals surface area contributed by atoms with Crippen LogP contribution in [-0.4, -0.2) is 24.5 Å². The van der Waals surface area contributed by atoms with E-state index in [0.717, 1.165) is 12.1 Å². The van der Waals surface area contributed by atoms with Gasteiger partial charge in [-0.25, -0.2) is 0 Å². The molecule has 0 aromatic heterocycles. The molecular weight excluding hydrogens is 160 g/mol. The Labute approximate surface area is 80.8 Å². The topological polar surface area (TPSA) is 27.0 Å². The van der Waals surface area contributed by atoms with E-state index in [2.05, 4.69) is 11.0 Å². The standard InChI is InChI=1S/C11H18N2/c1-11(10-12)6-9-13-7-4-2-3-5-8-13/h6H,2-5,7-9H2,1H3/b11-6-. The molecule has 1 saturated heterocycles. The van der Waals surface area contributed by atoms with Crippen molar-refractivity contribution in [1.29, 1.82) is 5.26 Å². The van der Waals surface area contributed by atoms with Crippen LogP contribution in [0, 0.1) is 11.3 Å². The maximum atomic E-state index is 8.58. The largest absolute Gasteiger partial charge is 0.300 e. The van der Waals surface area contributed by atoms with Gasteiger partial charge in [-0.15, -0.1) is 0 Å². The zero-order chi connectivity index (χ0) is 9.52. The third kappa shape index (κ3) is 4.10. The van der Waals surface area contributed by atoms with Gasteiger partial charge in [-0.3, -0.25) is 4.90 Å². The predicted octanol–water partition coefficient (Wildman–Crippen LogP) is 2.33. The van der Waals surface area contributed by atoms with Crippen molar-refractivity contribution in [2.24, 2.45) is 0 Å². The van der Waals surface area contributed by atoms with Gasteiger partial charge >= 0.3 is 0 Å². The Kier molecular flexibility index (Phi) is 4.56. The van der Waals surface area contributed by atoms with Crippen LogP contribution < -0.4 is 0 Å². The summed E-state index contributed by atoms with van der Waals surface area (Å²) in [6, 6.07) is 2.15. The highest BCUT2D eigenvalue weighted by Crippen LogP contribution is 2.09. The first-order valence-corrected chi connectivity index (χ1v) is 5.12. The molecule has 0 spiro atoms. The summed E-state index contributed by atoms with van der Waals surface area (Å²) in [7, 11) is 0. The minimum Gasteiger partial charge on any atom is -0.300 e. The van der Waals surface area contributed by atoms with Gasteiger partial charge in [0.05, 0.1) is 6.07 Å². The molecule has 0 amide bonds. The predicted molar refractivity (Wildman–Crippen MR) is 54.3 cm³/mol. The lowest BCUT2D eigenvalue weighted by Gasteiger charge is -2.17. The molecule has 1 aliphatic heterocycles. The second-order valence-corrected chi connectivity index (χ2v) is 3.71. The van der Waals surface area contributed by atoms with Crippen molar-refractivity contribution in [3.63, 3.8) is 0 Å². The lowest BCUT2D eigenvalue weighted by molar-refractivity contribution is 0.315. The normalized spacial score (nSPS) is 20.8. The molecule has 0 bridgehead atoms. The molecule has 2 heteroatoms. The lowest BCUT2D eigenvalue weighted by atomic mass is 10.2. The number of nitrogens with zero attached hydrogens (tertiary/aromatic N) is 2. The number of rotatable bonds is 2. The van der Waals surface area contributed by atoms with Crippen molar-refractivity contribution in [2.75, 3.05) is 19.6 Å². The molecule has 1 rings (SSSR count). The van der Waals surface area contributed by atoms with Crippen molar-refractivity contribution >= 4 is 0 Å². The number of likely N-dealkylation sites (tertiary alicyclic amines) is 1. The van der Waals surface area contributed by atoms with Gasteiger partial charge in [-0.1, -0.05) is 18.9 Å². The van der Waals surface area contributed by atoms with E-state index in [1.807, 2.05) is 13.0 Å². The minimum atomic E-state index is 0.837. The molecule has 1 aliphatic rings. The van der Waals surface area contributed by atoms with E-state index in [0.29, 0.717) is 0 Å². The second-order valence-electron chi connectivity index (χ2n) is 3.71. The van der Waals surface area contributed by atoms with Gasteiger partial charge in [0, 0.05) is 12.1 Å². The van der Waals surface area contributed by atoms with Crippen molar-refractivity contribution in [2.45, 2.75) is 32.6 Å². The molecule has 0 N–H and O–H groups in total. The molecule has 0 atom stereocenters. The van der Waals surface area contributed by atoms with Gasteiger partial charge < -0.3 is 0 Å². The van der Waals surface area contributed by atoms with Gasteiger partial charge in [0.15, 0.2) is 0 Å². The summed E-state index contributed by atoms with van der Waals surface area (Å²) in [5, 5.41) is 8.58. The fourth-order valence-electron chi connectivity index (χ4n) is 1.63. The van der Waals surface area contributed by atoms with E-state index < -0.39 is 0 Å². The van der Waals surface area contributed by atoms with E-state index in [9.17, 15) is 0 Å². The highest BCUT2D eigenvalue weighted by atomic mass is 15.1. The monoisotopic (exact) mass is 178 g/mol. The van der Waals surface area contributed by atoms with Gasteiger partial charge in [-0.05, 0) is 32.9 Å². The van der Waals surface area contributed by atoms with Crippen LogP contribution in [0.1, 0.15) is 32.6 Å². The summed E-state index contributed by atoms with van der Waals surface area (Å²) < 4.78 is 0. The molecule has 1 fully saturated rings. The van der Waals surface area contributed by atoms with Crippen LogP contribution in [0.3, 0.4) is 0 Å². The molecule has 0 radical (unpaired) electrons. The molecule has 2 nitrogen and oxygen atoms in total. The Morgan fingerprint density at radius 2 is 1.92 bits per heavy atom. The van der Waals surface area contributed by atoms with Crippen LogP contribution in [0.5, 0.6) is 0 Å². The summed E-state index contributed by atoms with van der Waals surface area (Å²) in [6.45, 7) is 5.24. The Morgan fingerprint density at radius 3 is 2.46 bits per heavy atom. The summed E-state index contributed by atoms with van der Waals surface area (Å²) >= 11 is 0. The summed E-state index contributed by atoms with van der Waals surface area (Å²) in [5.41, 5.74) is 0.837. The third-order valence-electron chi connectivity index (χ3n) is 2.53. The van der Waals surface area contributed by atoms with Crippen LogP contribution in [0.2, 0.25) is 0 Å². The molecule has 0 aromatic carbocycles. The average molecular weight is 178 g/mol. The van der Waals surface area contributed by atoms with Crippen molar-refractivity contribution in [3.8, 4) is 6.07 Å². The van der Waals surface area contributed by atoms with Gasteiger partial charge in [0.1, 0.15) is 0 Å². The fourth-order valence-corrected chi connectivity index (χ4v) is 1.63. The van der Waals surface area contributed by atoms with E-state index in [-0.39, 0.29) is 0 Å².